The van der Waals surface area contributed by atoms with Gasteiger partial charge in [0, 0.05) is 29.6 Å². The van der Waals surface area contributed by atoms with Gasteiger partial charge in [-0.2, -0.15) is 0 Å². The van der Waals surface area contributed by atoms with Crippen LogP contribution in [-0.2, 0) is 11.2 Å². The van der Waals surface area contributed by atoms with Crippen molar-refractivity contribution in [3.63, 3.8) is 0 Å². The van der Waals surface area contributed by atoms with Gasteiger partial charge in [-0.1, -0.05) is 30.4 Å². The van der Waals surface area contributed by atoms with Gasteiger partial charge in [-0.05, 0) is 42.7 Å². The van der Waals surface area contributed by atoms with E-state index in [1.807, 2.05) is 6.07 Å². The summed E-state index contributed by atoms with van der Waals surface area (Å²) in [5.41, 5.74) is 2.44. The Morgan fingerprint density at radius 3 is 2.95 bits per heavy atom. The normalized spacial score (nSPS) is 26.6. The van der Waals surface area contributed by atoms with E-state index in [2.05, 4.69) is 46.8 Å². The summed E-state index contributed by atoms with van der Waals surface area (Å²) in [6.07, 6.45) is 9.67. The molecule has 2 bridgehead atoms. The highest BCUT2D eigenvalue weighted by Crippen LogP contribution is 2.43. The number of benzene rings is 1. The lowest BCUT2D eigenvalue weighted by molar-refractivity contribution is -0.125. The summed E-state index contributed by atoms with van der Waals surface area (Å²) in [5, 5.41) is 4.38. The molecule has 108 valence electrons. The van der Waals surface area contributed by atoms with E-state index in [0.29, 0.717) is 11.8 Å². The molecule has 3 heteroatoms. The van der Waals surface area contributed by atoms with Crippen molar-refractivity contribution in [1.29, 1.82) is 0 Å². The van der Waals surface area contributed by atoms with Gasteiger partial charge in [0.15, 0.2) is 0 Å². The van der Waals surface area contributed by atoms with Gasteiger partial charge in [0.2, 0.25) is 5.91 Å². The van der Waals surface area contributed by atoms with Gasteiger partial charge in [0.25, 0.3) is 0 Å². The Labute approximate surface area is 124 Å². The molecule has 1 saturated carbocycles. The van der Waals surface area contributed by atoms with Crippen LogP contribution in [-0.4, -0.2) is 17.4 Å². The maximum atomic E-state index is 12.3. The number of hydrogen-bond acceptors (Lipinski definition) is 1. The largest absolute Gasteiger partial charge is 0.361 e. The first-order valence-electron chi connectivity index (χ1n) is 7.82. The second-order valence-electron chi connectivity index (χ2n) is 6.29. The second kappa shape index (κ2) is 5.06. The zero-order valence-electron chi connectivity index (χ0n) is 12.0. The number of aromatic amines is 1. The van der Waals surface area contributed by atoms with E-state index in [1.165, 1.54) is 17.4 Å². The minimum Gasteiger partial charge on any atom is -0.361 e. The molecule has 3 nitrogen and oxygen atoms in total. The van der Waals surface area contributed by atoms with Crippen LogP contribution in [0.5, 0.6) is 0 Å². The summed E-state index contributed by atoms with van der Waals surface area (Å²) < 4.78 is 0. The number of para-hydroxylation sites is 1. The van der Waals surface area contributed by atoms with Crippen LogP contribution in [0.1, 0.15) is 18.4 Å². The van der Waals surface area contributed by atoms with E-state index in [-0.39, 0.29) is 11.8 Å². The summed E-state index contributed by atoms with van der Waals surface area (Å²) in [6, 6.07) is 8.30. The summed E-state index contributed by atoms with van der Waals surface area (Å²) in [7, 11) is 0. The van der Waals surface area contributed by atoms with Gasteiger partial charge in [0.1, 0.15) is 0 Å². The van der Waals surface area contributed by atoms with Gasteiger partial charge >= 0.3 is 0 Å². The van der Waals surface area contributed by atoms with E-state index in [9.17, 15) is 4.79 Å². The number of aromatic nitrogens is 1. The Kier molecular flexibility index (Phi) is 3.06. The Hall–Kier alpha value is -2.03. The molecule has 1 aromatic carbocycles. The number of rotatable bonds is 4. The van der Waals surface area contributed by atoms with Crippen LogP contribution in [0.2, 0.25) is 0 Å². The molecule has 2 N–H and O–H groups in total. The van der Waals surface area contributed by atoms with Crippen LogP contribution < -0.4 is 5.32 Å². The minimum atomic E-state index is 0.211. The van der Waals surface area contributed by atoms with E-state index >= 15 is 0 Å². The smallest absolute Gasteiger partial charge is 0.223 e. The minimum absolute atomic E-state index is 0.211. The molecule has 21 heavy (non-hydrogen) atoms. The summed E-state index contributed by atoms with van der Waals surface area (Å²) >= 11 is 0. The predicted molar refractivity (Wildman–Crippen MR) is 83.9 cm³/mol. The third-order valence-corrected chi connectivity index (χ3v) is 4.98. The standard InChI is InChI=1S/C18H20N2O/c21-18(16-10-12-5-6-13(16)9-12)19-8-7-14-11-20-17-4-2-1-3-15(14)17/h1-6,11-13,16,20H,7-10H2,(H,19,21). The molecule has 1 fully saturated rings. The maximum Gasteiger partial charge on any atom is 0.223 e. The molecule has 3 atom stereocenters. The number of H-pyrrole nitrogens is 1. The van der Waals surface area contributed by atoms with Gasteiger partial charge < -0.3 is 10.3 Å². The first-order chi connectivity index (χ1) is 10.3. The highest BCUT2D eigenvalue weighted by molar-refractivity contribution is 5.83. The SMILES string of the molecule is O=C(NCCc1c[nH]c2ccccc12)C1CC2C=CC1C2. The predicted octanol–water partition coefficient (Wildman–Crippen LogP) is 3.04. The van der Waals surface area contributed by atoms with Crippen LogP contribution in [0.4, 0.5) is 0 Å². The number of allylic oxidation sites excluding steroid dienone is 2. The molecule has 1 heterocycles. The Bertz CT molecular complexity index is 700. The monoisotopic (exact) mass is 280 g/mol. The van der Waals surface area contributed by atoms with E-state index in [0.717, 1.165) is 24.9 Å². The van der Waals surface area contributed by atoms with Gasteiger partial charge in [-0.25, -0.2) is 0 Å². The van der Waals surface area contributed by atoms with E-state index in [4.69, 9.17) is 0 Å². The number of carbonyl (C=O) groups is 1. The molecular weight excluding hydrogens is 260 g/mol. The number of amides is 1. The van der Waals surface area contributed by atoms with Crippen LogP contribution in [0.15, 0.2) is 42.6 Å². The lowest BCUT2D eigenvalue weighted by Crippen LogP contribution is -2.34. The Balaban J connectivity index is 1.35. The van der Waals surface area contributed by atoms with Crippen molar-refractivity contribution < 1.29 is 4.79 Å². The first-order valence-corrected chi connectivity index (χ1v) is 7.82. The zero-order valence-corrected chi connectivity index (χ0v) is 12.0. The molecule has 0 aliphatic heterocycles. The van der Waals surface area contributed by atoms with Gasteiger partial charge in [0.05, 0.1) is 0 Å². The lowest BCUT2D eigenvalue weighted by atomic mass is 9.93. The number of fused-ring (bicyclic) bond motifs is 3. The Morgan fingerprint density at radius 2 is 2.14 bits per heavy atom. The van der Waals surface area contributed by atoms with Crippen molar-refractivity contribution in [2.24, 2.45) is 17.8 Å². The van der Waals surface area contributed by atoms with Crippen molar-refractivity contribution in [2.75, 3.05) is 6.54 Å². The quantitative estimate of drug-likeness (QED) is 0.831. The van der Waals surface area contributed by atoms with Crippen molar-refractivity contribution in [3.8, 4) is 0 Å². The van der Waals surface area contributed by atoms with Crippen LogP contribution >= 0.6 is 0 Å². The van der Waals surface area contributed by atoms with Gasteiger partial charge in [-0.15, -0.1) is 0 Å². The number of carbonyl (C=O) groups excluding carboxylic acids is 1. The highest BCUT2D eigenvalue weighted by Gasteiger charge is 2.39. The Morgan fingerprint density at radius 1 is 1.24 bits per heavy atom. The lowest BCUT2D eigenvalue weighted by Gasteiger charge is -2.17. The maximum absolute atomic E-state index is 12.3. The number of nitrogens with one attached hydrogen (secondary N) is 2. The van der Waals surface area contributed by atoms with Crippen LogP contribution in [0.3, 0.4) is 0 Å². The molecule has 1 amide bonds. The van der Waals surface area contributed by atoms with Gasteiger partial charge in [-0.3, -0.25) is 4.79 Å². The molecule has 4 rings (SSSR count). The average molecular weight is 280 g/mol. The average Bonchev–Trinajstić information content (AvgIpc) is 3.22. The molecule has 3 unspecified atom stereocenters. The third kappa shape index (κ3) is 2.27. The van der Waals surface area contributed by atoms with Crippen LogP contribution in [0.25, 0.3) is 10.9 Å². The molecule has 2 aromatic rings. The highest BCUT2D eigenvalue weighted by atomic mass is 16.1. The number of hydrogen-bond donors (Lipinski definition) is 2. The molecule has 2 aliphatic rings. The van der Waals surface area contributed by atoms with Crippen LogP contribution in [0, 0.1) is 17.8 Å². The zero-order chi connectivity index (χ0) is 14.2. The summed E-state index contributed by atoms with van der Waals surface area (Å²) in [6.45, 7) is 0.721. The van der Waals surface area contributed by atoms with Crippen molar-refractivity contribution in [2.45, 2.75) is 19.3 Å². The van der Waals surface area contributed by atoms with Crippen molar-refractivity contribution >= 4 is 16.8 Å². The second-order valence-corrected chi connectivity index (χ2v) is 6.29. The van der Waals surface area contributed by atoms with E-state index in [1.54, 1.807) is 0 Å². The first kappa shape index (κ1) is 12.7. The fourth-order valence-electron chi connectivity index (χ4n) is 3.87. The molecule has 0 saturated heterocycles. The molecule has 1 aromatic heterocycles. The molecule has 0 spiro atoms. The molecule has 2 aliphatic carbocycles. The van der Waals surface area contributed by atoms with Crippen molar-refractivity contribution in [1.82, 2.24) is 10.3 Å². The summed E-state index contributed by atoms with van der Waals surface area (Å²) in [4.78, 5) is 15.6. The van der Waals surface area contributed by atoms with Crippen molar-refractivity contribution in [3.05, 3.63) is 48.2 Å². The topological polar surface area (TPSA) is 44.9 Å². The molecular formula is C18H20N2O. The van der Waals surface area contributed by atoms with E-state index < -0.39 is 0 Å². The molecule has 0 radical (unpaired) electrons. The third-order valence-electron chi connectivity index (χ3n) is 4.98. The fraction of sp³-hybridized carbons (Fsp3) is 0.389. The summed E-state index contributed by atoms with van der Waals surface area (Å²) in [5.74, 6) is 1.59. The fourth-order valence-corrected chi connectivity index (χ4v) is 3.87.